The van der Waals surface area contributed by atoms with Crippen molar-refractivity contribution in [2.45, 2.75) is 26.7 Å². The van der Waals surface area contributed by atoms with Crippen molar-refractivity contribution in [3.05, 3.63) is 0 Å². The lowest BCUT2D eigenvalue weighted by Gasteiger charge is -2.16. The fourth-order valence-electron chi connectivity index (χ4n) is 1.69. The van der Waals surface area contributed by atoms with E-state index in [2.05, 4.69) is 0 Å². The van der Waals surface area contributed by atoms with Gasteiger partial charge < -0.3 is 0 Å². The Morgan fingerprint density at radius 1 is 1.47 bits per heavy atom. The number of alkyl halides is 1. The van der Waals surface area contributed by atoms with Crippen LogP contribution in [0.1, 0.15) is 26.7 Å². The van der Waals surface area contributed by atoms with Crippen LogP contribution in [0, 0.1) is 11.8 Å². The van der Waals surface area contributed by atoms with Gasteiger partial charge in [0.25, 0.3) is 0 Å². The highest BCUT2D eigenvalue weighted by atomic mass is 35.5. The topological polar surface area (TPSA) is 37.4 Å². The third kappa shape index (κ3) is 3.93. The fourth-order valence-corrected chi connectivity index (χ4v) is 3.79. The average Bonchev–Trinajstić information content (AvgIpc) is 2.63. The van der Waals surface area contributed by atoms with Gasteiger partial charge in [-0.3, -0.25) is 0 Å². The molecule has 15 heavy (non-hydrogen) atoms. The second-order valence-corrected chi connectivity index (χ2v) is 7.06. The summed E-state index contributed by atoms with van der Waals surface area (Å²) in [4.78, 5) is 0. The van der Waals surface area contributed by atoms with Crippen molar-refractivity contribution in [3.63, 3.8) is 0 Å². The van der Waals surface area contributed by atoms with Gasteiger partial charge in [0, 0.05) is 19.0 Å². The molecule has 0 aromatic heterocycles. The number of hydrogen-bond acceptors (Lipinski definition) is 2. The van der Waals surface area contributed by atoms with E-state index in [4.69, 9.17) is 11.6 Å². The van der Waals surface area contributed by atoms with Gasteiger partial charge in [-0.2, -0.15) is 0 Å². The first-order valence-electron chi connectivity index (χ1n) is 5.49. The first-order valence-corrected chi connectivity index (χ1v) is 7.64. The van der Waals surface area contributed by atoms with Gasteiger partial charge in [0.05, 0.1) is 5.75 Å². The Bertz CT molecular complexity index is 290. The van der Waals surface area contributed by atoms with Gasteiger partial charge in [-0.1, -0.05) is 13.8 Å². The fraction of sp³-hybridized carbons (Fsp3) is 1.00. The van der Waals surface area contributed by atoms with Crippen molar-refractivity contribution in [2.24, 2.45) is 11.8 Å². The molecule has 1 fully saturated rings. The molecule has 1 aliphatic heterocycles. The Morgan fingerprint density at radius 3 is 2.60 bits per heavy atom. The maximum Gasteiger partial charge on any atom is 0.214 e. The van der Waals surface area contributed by atoms with Gasteiger partial charge in [0.1, 0.15) is 0 Å². The van der Waals surface area contributed by atoms with E-state index in [0.29, 0.717) is 30.8 Å². The molecule has 5 heteroatoms. The Labute approximate surface area is 97.8 Å². The monoisotopic (exact) mass is 253 g/mol. The summed E-state index contributed by atoms with van der Waals surface area (Å²) in [6.45, 7) is 5.35. The molecule has 3 nitrogen and oxygen atoms in total. The normalized spacial score (nSPS) is 23.9. The van der Waals surface area contributed by atoms with Crippen LogP contribution in [-0.2, 0) is 10.0 Å². The van der Waals surface area contributed by atoms with Crippen molar-refractivity contribution in [3.8, 4) is 0 Å². The first-order chi connectivity index (χ1) is 6.95. The van der Waals surface area contributed by atoms with E-state index in [1.807, 2.05) is 13.8 Å². The van der Waals surface area contributed by atoms with E-state index in [9.17, 15) is 8.42 Å². The Kier molecular flexibility index (Phi) is 4.87. The molecule has 0 N–H and O–H groups in total. The third-order valence-corrected chi connectivity index (χ3v) is 5.12. The molecule has 0 amide bonds. The molecule has 1 saturated heterocycles. The highest BCUT2D eigenvalue weighted by Gasteiger charge is 2.30. The summed E-state index contributed by atoms with van der Waals surface area (Å²) in [5, 5.41) is 0. The van der Waals surface area contributed by atoms with Crippen LogP contribution in [0.25, 0.3) is 0 Å². The van der Waals surface area contributed by atoms with Gasteiger partial charge in [0.2, 0.25) is 10.0 Å². The summed E-state index contributed by atoms with van der Waals surface area (Å²) in [5.41, 5.74) is 0. The minimum absolute atomic E-state index is 0.277. The molecule has 1 unspecified atom stereocenters. The van der Waals surface area contributed by atoms with Gasteiger partial charge in [0.15, 0.2) is 0 Å². The van der Waals surface area contributed by atoms with Crippen LogP contribution >= 0.6 is 11.6 Å². The highest BCUT2D eigenvalue weighted by molar-refractivity contribution is 7.89. The van der Waals surface area contributed by atoms with Crippen molar-refractivity contribution < 1.29 is 8.42 Å². The molecule has 1 heterocycles. The summed E-state index contributed by atoms with van der Waals surface area (Å²) < 4.78 is 25.4. The highest BCUT2D eigenvalue weighted by Crippen LogP contribution is 2.21. The van der Waals surface area contributed by atoms with Crippen molar-refractivity contribution >= 4 is 21.6 Å². The summed E-state index contributed by atoms with van der Waals surface area (Å²) in [6.07, 6.45) is 1.65. The Hall–Kier alpha value is 0.200. The summed E-state index contributed by atoms with van der Waals surface area (Å²) >= 11 is 5.73. The smallest absolute Gasteiger partial charge is 0.212 e. The van der Waals surface area contributed by atoms with Crippen LogP contribution in [0.4, 0.5) is 0 Å². The van der Waals surface area contributed by atoms with E-state index in [0.717, 1.165) is 12.8 Å². The number of rotatable bonds is 5. The molecular weight excluding hydrogens is 234 g/mol. The van der Waals surface area contributed by atoms with Crippen molar-refractivity contribution in [1.29, 1.82) is 0 Å². The molecule has 90 valence electrons. The predicted octanol–water partition coefficient (Wildman–Crippen LogP) is 1.92. The average molecular weight is 254 g/mol. The summed E-state index contributed by atoms with van der Waals surface area (Å²) in [5.74, 6) is 1.63. The molecule has 0 radical (unpaired) electrons. The summed E-state index contributed by atoms with van der Waals surface area (Å²) in [7, 11) is -3.02. The first kappa shape index (κ1) is 13.3. The van der Waals surface area contributed by atoms with Crippen LogP contribution in [-0.4, -0.2) is 37.4 Å². The van der Waals surface area contributed by atoms with Gasteiger partial charge in [-0.05, 0) is 24.7 Å². The molecule has 1 aliphatic rings. The second kappa shape index (κ2) is 5.51. The molecule has 1 rings (SSSR count). The molecule has 0 aromatic rings. The number of sulfonamides is 1. The number of hydrogen-bond donors (Lipinski definition) is 0. The van der Waals surface area contributed by atoms with E-state index in [-0.39, 0.29) is 5.75 Å². The van der Waals surface area contributed by atoms with Crippen LogP contribution in [0.2, 0.25) is 0 Å². The van der Waals surface area contributed by atoms with E-state index >= 15 is 0 Å². The minimum atomic E-state index is -3.02. The Morgan fingerprint density at radius 2 is 2.13 bits per heavy atom. The maximum atomic E-state index is 11.9. The second-order valence-electron chi connectivity index (χ2n) is 4.67. The van der Waals surface area contributed by atoms with Gasteiger partial charge in [-0.25, -0.2) is 12.7 Å². The lowest BCUT2D eigenvalue weighted by molar-refractivity contribution is 0.459. The van der Waals surface area contributed by atoms with Crippen LogP contribution < -0.4 is 0 Å². The van der Waals surface area contributed by atoms with Crippen molar-refractivity contribution in [2.75, 3.05) is 24.7 Å². The van der Waals surface area contributed by atoms with E-state index in [1.54, 1.807) is 4.31 Å². The zero-order valence-electron chi connectivity index (χ0n) is 9.45. The van der Waals surface area contributed by atoms with Crippen LogP contribution in [0.3, 0.4) is 0 Å². The predicted molar refractivity (Wildman–Crippen MR) is 63.6 cm³/mol. The zero-order valence-corrected chi connectivity index (χ0v) is 11.0. The molecule has 1 atom stereocenters. The van der Waals surface area contributed by atoms with E-state index in [1.165, 1.54) is 0 Å². The SMILES string of the molecule is CC(C)CCS(=O)(=O)N1CCC(CCl)C1. The van der Waals surface area contributed by atoms with Gasteiger partial charge in [-0.15, -0.1) is 11.6 Å². The lowest BCUT2D eigenvalue weighted by Crippen LogP contribution is -2.31. The summed E-state index contributed by atoms with van der Waals surface area (Å²) in [6, 6.07) is 0. The zero-order chi connectivity index (χ0) is 11.5. The largest absolute Gasteiger partial charge is 0.214 e. The number of nitrogens with zero attached hydrogens (tertiary/aromatic N) is 1. The lowest BCUT2D eigenvalue weighted by atomic mass is 10.2. The van der Waals surface area contributed by atoms with Gasteiger partial charge >= 0.3 is 0 Å². The van der Waals surface area contributed by atoms with Crippen molar-refractivity contribution in [1.82, 2.24) is 4.31 Å². The molecule has 0 bridgehead atoms. The Balaban J connectivity index is 2.48. The molecule has 0 spiro atoms. The quantitative estimate of drug-likeness (QED) is 0.702. The molecule has 0 aromatic carbocycles. The number of halogens is 1. The minimum Gasteiger partial charge on any atom is -0.212 e. The maximum absolute atomic E-state index is 11.9. The molecule has 0 aliphatic carbocycles. The third-order valence-electron chi connectivity index (χ3n) is 2.81. The van der Waals surface area contributed by atoms with Crippen LogP contribution in [0.5, 0.6) is 0 Å². The van der Waals surface area contributed by atoms with Crippen LogP contribution in [0.15, 0.2) is 0 Å². The standard InChI is InChI=1S/C10H20ClNO2S/c1-9(2)4-6-15(13,14)12-5-3-10(7-11)8-12/h9-10H,3-8H2,1-2H3. The van der Waals surface area contributed by atoms with E-state index < -0.39 is 10.0 Å². The molecular formula is C10H20ClNO2S. The molecule has 0 saturated carbocycles.